The zero-order valence-electron chi connectivity index (χ0n) is 13.4. The number of nitrogens with zero attached hydrogens (tertiary/aromatic N) is 2. The maximum atomic E-state index is 12.3. The van der Waals surface area contributed by atoms with E-state index in [9.17, 15) is 4.79 Å². The van der Waals surface area contributed by atoms with E-state index >= 15 is 0 Å². The van der Waals surface area contributed by atoms with Gasteiger partial charge in [-0.05, 0) is 45.4 Å². The summed E-state index contributed by atoms with van der Waals surface area (Å²) in [6.07, 6.45) is 6.07. The number of anilines is 1. The molecule has 0 radical (unpaired) electrons. The number of nitrogens with one attached hydrogen (secondary N) is 1. The summed E-state index contributed by atoms with van der Waals surface area (Å²) >= 11 is 0. The lowest BCUT2D eigenvalue weighted by Gasteiger charge is -2.24. The van der Waals surface area contributed by atoms with Gasteiger partial charge in [0.25, 0.3) is 5.91 Å². The molecule has 122 valence electrons. The fourth-order valence-electron chi connectivity index (χ4n) is 3.16. The summed E-state index contributed by atoms with van der Waals surface area (Å²) in [6, 6.07) is 0. The summed E-state index contributed by atoms with van der Waals surface area (Å²) in [5.74, 6) is 0.704. The van der Waals surface area contributed by atoms with Gasteiger partial charge in [0.2, 0.25) is 0 Å². The molecule has 1 aromatic rings. The van der Waals surface area contributed by atoms with Crippen molar-refractivity contribution in [2.45, 2.75) is 57.7 Å². The number of rotatable bonds is 5. The van der Waals surface area contributed by atoms with Gasteiger partial charge in [-0.25, -0.2) is 0 Å². The molecular weight excluding hydrogens is 282 g/mol. The highest BCUT2D eigenvalue weighted by molar-refractivity contribution is 5.94. The molecule has 0 bridgehead atoms. The Hall–Kier alpha value is -1.40. The van der Waals surface area contributed by atoms with Crippen LogP contribution in [0.5, 0.6) is 0 Å². The van der Waals surface area contributed by atoms with Crippen molar-refractivity contribution in [1.82, 2.24) is 9.78 Å². The van der Waals surface area contributed by atoms with Crippen LogP contribution in [0.3, 0.4) is 0 Å². The molecule has 0 unspecified atom stereocenters. The number of amides is 1. The fourth-order valence-corrected chi connectivity index (χ4v) is 3.16. The third-order valence-corrected chi connectivity index (χ3v) is 4.49. The van der Waals surface area contributed by atoms with E-state index in [1.807, 2.05) is 7.05 Å². The van der Waals surface area contributed by atoms with Gasteiger partial charge >= 0.3 is 0 Å². The molecule has 6 heteroatoms. The van der Waals surface area contributed by atoms with Crippen molar-refractivity contribution in [3.8, 4) is 0 Å². The van der Waals surface area contributed by atoms with Gasteiger partial charge in [0.1, 0.15) is 11.9 Å². The van der Waals surface area contributed by atoms with Crippen LogP contribution in [0.2, 0.25) is 0 Å². The number of fused-ring (bicyclic) bond motifs is 1. The molecule has 22 heavy (non-hydrogen) atoms. The van der Waals surface area contributed by atoms with Crippen molar-refractivity contribution in [2.24, 2.45) is 7.05 Å². The number of carbonyl (C=O) groups is 1. The third kappa shape index (κ3) is 3.33. The van der Waals surface area contributed by atoms with Gasteiger partial charge < -0.3 is 14.8 Å². The Morgan fingerprint density at radius 2 is 2.32 bits per heavy atom. The Morgan fingerprint density at radius 1 is 1.45 bits per heavy atom. The molecule has 2 aliphatic rings. The van der Waals surface area contributed by atoms with Gasteiger partial charge in [0.15, 0.2) is 0 Å². The Balaban J connectivity index is 1.53. The van der Waals surface area contributed by atoms with Crippen molar-refractivity contribution >= 4 is 11.7 Å². The summed E-state index contributed by atoms with van der Waals surface area (Å²) in [5.41, 5.74) is 2.29. The first kappa shape index (κ1) is 15.5. The van der Waals surface area contributed by atoms with Crippen LogP contribution in [0.4, 0.5) is 5.82 Å². The second-order valence-corrected chi connectivity index (χ2v) is 6.20. The van der Waals surface area contributed by atoms with Gasteiger partial charge in [-0.2, -0.15) is 5.10 Å². The highest BCUT2D eigenvalue weighted by atomic mass is 16.5. The number of carbonyl (C=O) groups excluding carboxylic acids is 1. The molecule has 0 saturated carbocycles. The van der Waals surface area contributed by atoms with Gasteiger partial charge in [0.05, 0.1) is 18.4 Å². The molecule has 3 rings (SSSR count). The van der Waals surface area contributed by atoms with Crippen molar-refractivity contribution in [3.05, 3.63) is 11.3 Å². The van der Waals surface area contributed by atoms with E-state index in [4.69, 9.17) is 9.47 Å². The van der Waals surface area contributed by atoms with Crippen LogP contribution >= 0.6 is 0 Å². The summed E-state index contributed by atoms with van der Waals surface area (Å²) in [5, 5.41) is 7.44. The molecule has 1 fully saturated rings. The predicted molar refractivity (Wildman–Crippen MR) is 82.9 cm³/mol. The molecule has 1 aliphatic carbocycles. The fraction of sp³-hybridized carbons (Fsp3) is 0.750. The van der Waals surface area contributed by atoms with Crippen molar-refractivity contribution < 1.29 is 14.3 Å². The molecule has 1 N–H and O–H groups in total. The van der Waals surface area contributed by atoms with E-state index in [0.29, 0.717) is 6.61 Å². The number of hydrogen-bond donors (Lipinski definition) is 1. The minimum Gasteiger partial charge on any atom is -0.376 e. The molecule has 2 heterocycles. The van der Waals surface area contributed by atoms with Gasteiger partial charge in [0, 0.05) is 19.2 Å². The molecule has 1 amide bonds. The average Bonchev–Trinajstić information content (AvgIpc) is 3.08. The lowest BCUT2D eigenvalue weighted by atomic mass is 10.1. The van der Waals surface area contributed by atoms with Crippen LogP contribution in [0, 0.1) is 0 Å². The predicted octanol–water partition coefficient (Wildman–Crippen LogP) is 1.82. The Kier molecular flexibility index (Phi) is 4.78. The van der Waals surface area contributed by atoms with E-state index in [-0.39, 0.29) is 12.0 Å². The lowest BCUT2D eigenvalue weighted by molar-refractivity contribution is -0.130. The zero-order valence-corrected chi connectivity index (χ0v) is 13.4. The average molecular weight is 307 g/mol. The van der Waals surface area contributed by atoms with Crippen molar-refractivity contribution in [3.63, 3.8) is 0 Å². The highest BCUT2D eigenvalue weighted by Crippen LogP contribution is 2.28. The largest absolute Gasteiger partial charge is 0.376 e. The Morgan fingerprint density at radius 3 is 3.09 bits per heavy atom. The summed E-state index contributed by atoms with van der Waals surface area (Å²) < 4.78 is 13.1. The molecule has 6 nitrogen and oxygen atoms in total. The van der Waals surface area contributed by atoms with Crippen molar-refractivity contribution in [1.29, 1.82) is 0 Å². The van der Waals surface area contributed by atoms with Crippen LogP contribution < -0.4 is 5.32 Å². The quantitative estimate of drug-likeness (QED) is 0.901. The minimum atomic E-state index is -0.488. The standard InChI is InChI=1S/C16H25N3O3/c1-11(22-10-12-6-3-4-9-21-12)16(20)17-15-13-7-5-8-14(13)18-19(15)2/h11-12H,3-10H2,1-2H3,(H,17,20)/t11-,12-/m0/s1. The molecule has 0 spiro atoms. The molecule has 1 aromatic heterocycles. The topological polar surface area (TPSA) is 65.4 Å². The van der Waals surface area contributed by atoms with Crippen LogP contribution in [-0.4, -0.2) is 41.1 Å². The molecular formula is C16H25N3O3. The Bertz CT molecular complexity index is 535. The third-order valence-electron chi connectivity index (χ3n) is 4.49. The van der Waals surface area contributed by atoms with E-state index in [0.717, 1.165) is 50.2 Å². The Labute approximate surface area is 131 Å². The first-order valence-corrected chi connectivity index (χ1v) is 8.24. The van der Waals surface area contributed by atoms with Gasteiger partial charge in [-0.1, -0.05) is 0 Å². The summed E-state index contributed by atoms with van der Waals surface area (Å²) in [7, 11) is 1.87. The first-order chi connectivity index (χ1) is 10.6. The molecule has 1 aliphatic heterocycles. The van der Waals surface area contributed by atoms with Crippen LogP contribution in [-0.2, 0) is 34.2 Å². The smallest absolute Gasteiger partial charge is 0.254 e. The van der Waals surface area contributed by atoms with Crippen LogP contribution in [0.15, 0.2) is 0 Å². The zero-order chi connectivity index (χ0) is 15.5. The number of ether oxygens (including phenoxy) is 2. The van der Waals surface area contributed by atoms with Crippen LogP contribution in [0.25, 0.3) is 0 Å². The SMILES string of the molecule is C[C@H](OC[C@@H]1CCCCO1)C(=O)Nc1c2c(nn1C)CCC2. The number of aromatic nitrogens is 2. The monoisotopic (exact) mass is 307 g/mol. The first-order valence-electron chi connectivity index (χ1n) is 8.24. The van der Waals surface area contributed by atoms with E-state index in [1.54, 1.807) is 11.6 Å². The highest BCUT2D eigenvalue weighted by Gasteiger charge is 2.24. The summed E-state index contributed by atoms with van der Waals surface area (Å²) in [6.45, 7) is 3.07. The maximum Gasteiger partial charge on any atom is 0.254 e. The van der Waals surface area contributed by atoms with E-state index < -0.39 is 6.10 Å². The number of aryl methyl sites for hydroxylation is 2. The van der Waals surface area contributed by atoms with Gasteiger partial charge in [-0.3, -0.25) is 9.48 Å². The van der Waals surface area contributed by atoms with Gasteiger partial charge in [-0.15, -0.1) is 0 Å². The molecule has 2 atom stereocenters. The minimum absolute atomic E-state index is 0.117. The molecule has 0 aromatic carbocycles. The maximum absolute atomic E-state index is 12.3. The lowest BCUT2D eigenvalue weighted by Crippen LogP contribution is -2.33. The van der Waals surface area contributed by atoms with Crippen molar-refractivity contribution in [2.75, 3.05) is 18.5 Å². The normalized spacial score (nSPS) is 22.4. The van der Waals surface area contributed by atoms with E-state index in [2.05, 4.69) is 10.4 Å². The molecule has 1 saturated heterocycles. The van der Waals surface area contributed by atoms with E-state index in [1.165, 1.54) is 12.0 Å². The van der Waals surface area contributed by atoms with Crippen LogP contribution in [0.1, 0.15) is 43.9 Å². The second-order valence-electron chi connectivity index (χ2n) is 6.20. The number of hydrogen-bond acceptors (Lipinski definition) is 4. The summed E-state index contributed by atoms with van der Waals surface area (Å²) in [4.78, 5) is 12.3. The second kappa shape index (κ2) is 6.79.